The second-order valence-corrected chi connectivity index (χ2v) is 4.16. The highest BCUT2D eigenvalue weighted by Gasteiger charge is 2.36. The predicted molar refractivity (Wildman–Crippen MR) is 65.9 cm³/mol. The fourth-order valence-electron chi connectivity index (χ4n) is 1.98. The van der Waals surface area contributed by atoms with E-state index in [4.69, 9.17) is 5.84 Å². The highest BCUT2D eigenvalue weighted by Crippen LogP contribution is 2.37. The van der Waals surface area contributed by atoms with Crippen LogP contribution in [0.3, 0.4) is 0 Å². The third kappa shape index (κ3) is 2.97. The number of benzene rings is 1. The topological polar surface area (TPSA) is 60.2 Å². The molecule has 1 aromatic carbocycles. The maximum Gasteiger partial charge on any atom is 0.433 e. The molecule has 3 N–H and O–H groups in total. The number of aromatic nitrogens is 1. The second-order valence-electron chi connectivity index (χ2n) is 4.16. The van der Waals surface area contributed by atoms with Gasteiger partial charge in [-0.05, 0) is 25.1 Å². The number of nitrogens with zero attached hydrogens (tertiary/aromatic N) is 1. The second kappa shape index (κ2) is 5.32. The average Bonchev–Trinajstić information content (AvgIpc) is 2.36. The van der Waals surface area contributed by atoms with E-state index in [0.717, 1.165) is 18.2 Å². The van der Waals surface area contributed by atoms with E-state index in [1.165, 1.54) is 6.92 Å². The molecule has 0 saturated carbocycles. The number of nitrogen functional groups attached to an aromatic ring is 1. The Morgan fingerprint density at radius 1 is 1.29 bits per heavy atom. The Bertz CT molecular complexity index is 672. The molecular formula is C12H10F5N3O. The van der Waals surface area contributed by atoms with E-state index in [1.807, 2.05) is 0 Å². The van der Waals surface area contributed by atoms with Gasteiger partial charge in [-0.15, -0.1) is 0 Å². The van der Waals surface area contributed by atoms with E-state index in [2.05, 4.69) is 15.1 Å². The van der Waals surface area contributed by atoms with Gasteiger partial charge >= 0.3 is 12.8 Å². The first kappa shape index (κ1) is 15.2. The molecule has 0 aliphatic heterocycles. The summed E-state index contributed by atoms with van der Waals surface area (Å²) in [6.07, 6.45) is -4.65. The van der Waals surface area contributed by atoms with Crippen LogP contribution in [0.4, 0.5) is 27.6 Å². The van der Waals surface area contributed by atoms with Gasteiger partial charge in [0.1, 0.15) is 11.4 Å². The number of halogens is 5. The van der Waals surface area contributed by atoms with Crippen molar-refractivity contribution in [1.29, 1.82) is 0 Å². The van der Waals surface area contributed by atoms with Gasteiger partial charge in [-0.3, -0.25) is 5.84 Å². The van der Waals surface area contributed by atoms with Crippen LogP contribution in [0.25, 0.3) is 10.9 Å². The minimum atomic E-state index is -4.65. The lowest BCUT2D eigenvalue weighted by Crippen LogP contribution is -2.16. The number of hydrazine groups is 1. The first-order chi connectivity index (χ1) is 9.74. The van der Waals surface area contributed by atoms with Crippen molar-refractivity contribution in [3.63, 3.8) is 0 Å². The van der Waals surface area contributed by atoms with E-state index >= 15 is 0 Å². The zero-order valence-electron chi connectivity index (χ0n) is 10.6. The Hall–Kier alpha value is -2.16. The molecule has 2 rings (SSSR count). The van der Waals surface area contributed by atoms with E-state index in [-0.39, 0.29) is 27.9 Å². The number of pyridine rings is 1. The summed E-state index contributed by atoms with van der Waals surface area (Å²) >= 11 is 0. The number of nitrogens with two attached hydrogens (primary N) is 1. The van der Waals surface area contributed by atoms with Crippen molar-refractivity contribution in [3.8, 4) is 5.75 Å². The smallest absolute Gasteiger partial charge is 0.433 e. The van der Waals surface area contributed by atoms with Crippen LogP contribution in [-0.4, -0.2) is 11.6 Å². The Morgan fingerprint density at radius 2 is 1.95 bits per heavy atom. The molecule has 0 saturated heterocycles. The zero-order valence-corrected chi connectivity index (χ0v) is 10.6. The summed E-state index contributed by atoms with van der Waals surface area (Å²) in [5, 5.41) is 0.154. The first-order valence-corrected chi connectivity index (χ1v) is 5.67. The minimum absolute atomic E-state index is 0.0394. The van der Waals surface area contributed by atoms with Gasteiger partial charge in [0.15, 0.2) is 0 Å². The maximum absolute atomic E-state index is 12.9. The molecular weight excluding hydrogens is 297 g/mol. The maximum atomic E-state index is 12.9. The highest BCUT2D eigenvalue weighted by molar-refractivity contribution is 5.94. The van der Waals surface area contributed by atoms with Crippen LogP contribution in [0.15, 0.2) is 18.2 Å². The van der Waals surface area contributed by atoms with E-state index in [1.54, 1.807) is 0 Å². The summed E-state index contributed by atoms with van der Waals surface area (Å²) in [4.78, 5) is 3.51. The Morgan fingerprint density at radius 3 is 2.48 bits per heavy atom. The summed E-state index contributed by atoms with van der Waals surface area (Å²) in [7, 11) is 0. The molecule has 2 aromatic rings. The molecule has 21 heavy (non-hydrogen) atoms. The molecule has 0 amide bonds. The molecule has 0 atom stereocenters. The number of ether oxygens (including phenoxy) is 1. The van der Waals surface area contributed by atoms with Crippen LogP contribution in [0, 0.1) is 6.92 Å². The molecule has 0 spiro atoms. The van der Waals surface area contributed by atoms with E-state index in [0.29, 0.717) is 0 Å². The quantitative estimate of drug-likeness (QED) is 0.518. The van der Waals surface area contributed by atoms with Crippen molar-refractivity contribution >= 4 is 16.6 Å². The molecule has 0 radical (unpaired) electrons. The summed E-state index contributed by atoms with van der Waals surface area (Å²) in [6.45, 7) is -1.86. The Balaban J connectivity index is 2.70. The zero-order chi connectivity index (χ0) is 15.8. The van der Waals surface area contributed by atoms with Crippen LogP contribution >= 0.6 is 0 Å². The monoisotopic (exact) mass is 307 g/mol. The molecule has 1 aromatic heterocycles. The molecule has 0 unspecified atom stereocenters. The van der Waals surface area contributed by atoms with Gasteiger partial charge in [-0.25, -0.2) is 4.98 Å². The number of fused-ring (bicyclic) bond motifs is 1. The third-order valence-corrected chi connectivity index (χ3v) is 2.84. The molecule has 0 aliphatic rings. The summed E-state index contributed by atoms with van der Waals surface area (Å²) < 4.78 is 67.2. The van der Waals surface area contributed by atoms with Gasteiger partial charge < -0.3 is 10.2 Å². The summed E-state index contributed by atoms with van der Waals surface area (Å²) in [5.41, 5.74) is 0.738. The van der Waals surface area contributed by atoms with E-state index in [9.17, 15) is 22.0 Å². The Labute approximate surface area is 115 Å². The molecule has 9 heteroatoms. The highest BCUT2D eigenvalue weighted by atomic mass is 19.4. The van der Waals surface area contributed by atoms with Crippen molar-refractivity contribution in [1.82, 2.24) is 4.98 Å². The Kier molecular flexibility index (Phi) is 3.86. The molecule has 0 fully saturated rings. The summed E-state index contributed by atoms with van der Waals surface area (Å²) in [6, 6.07) is 3.41. The number of anilines is 1. The lowest BCUT2D eigenvalue weighted by molar-refractivity contribution is -0.141. The number of hydrogen-bond acceptors (Lipinski definition) is 4. The van der Waals surface area contributed by atoms with Gasteiger partial charge in [0.2, 0.25) is 0 Å². The average molecular weight is 307 g/mol. The van der Waals surface area contributed by atoms with Crippen LogP contribution in [0.2, 0.25) is 0 Å². The molecule has 114 valence electrons. The van der Waals surface area contributed by atoms with Crippen LogP contribution < -0.4 is 16.0 Å². The molecule has 0 bridgehead atoms. The van der Waals surface area contributed by atoms with Crippen molar-refractivity contribution in [3.05, 3.63) is 29.5 Å². The van der Waals surface area contributed by atoms with Crippen molar-refractivity contribution in [2.75, 3.05) is 5.43 Å². The van der Waals surface area contributed by atoms with Crippen LogP contribution in [0.1, 0.15) is 11.3 Å². The lowest BCUT2D eigenvalue weighted by atomic mass is 10.1. The fraction of sp³-hybridized carbons (Fsp3) is 0.250. The fourth-order valence-corrected chi connectivity index (χ4v) is 1.98. The molecule has 0 aliphatic carbocycles. The van der Waals surface area contributed by atoms with Gasteiger partial charge in [0.05, 0.1) is 11.2 Å². The number of nitrogens with one attached hydrogen (secondary N) is 1. The normalized spacial score (nSPS) is 12.0. The van der Waals surface area contributed by atoms with Crippen LogP contribution in [0.5, 0.6) is 5.75 Å². The number of alkyl halides is 5. The summed E-state index contributed by atoms with van der Waals surface area (Å²) in [5.74, 6) is 5.05. The lowest BCUT2D eigenvalue weighted by Gasteiger charge is -2.16. The van der Waals surface area contributed by atoms with Gasteiger partial charge in [-0.2, -0.15) is 22.0 Å². The third-order valence-electron chi connectivity index (χ3n) is 2.84. The predicted octanol–water partition coefficient (Wildman–Crippen LogP) is 3.45. The molecule has 1 heterocycles. The SMILES string of the molecule is Cc1c(C(F)(F)F)nc2ccc(OC(F)F)cc2c1NN. The standard InChI is InChI=1S/C12H10F5N3O/c1-5-9(20-18)7-4-6(21-11(13)14)2-3-8(7)19-10(5)12(15,16)17/h2-4,11H,18H2,1H3,(H,19,20). The van der Waals surface area contributed by atoms with Gasteiger partial charge in [-0.1, -0.05) is 0 Å². The van der Waals surface area contributed by atoms with Gasteiger partial charge in [0.25, 0.3) is 0 Å². The van der Waals surface area contributed by atoms with Crippen molar-refractivity contribution < 1.29 is 26.7 Å². The van der Waals surface area contributed by atoms with Crippen molar-refractivity contribution in [2.24, 2.45) is 5.84 Å². The minimum Gasteiger partial charge on any atom is -0.435 e. The van der Waals surface area contributed by atoms with Gasteiger partial charge in [0, 0.05) is 10.9 Å². The first-order valence-electron chi connectivity index (χ1n) is 5.67. The number of rotatable bonds is 3. The van der Waals surface area contributed by atoms with E-state index < -0.39 is 18.5 Å². The van der Waals surface area contributed by atoms with Crippen molar-refractivity contribution in [2.45, 2.75) is 19.7 Å². The van der Waals surface area contributed by atoms with Crippen LogP contribution in [-0.2, 0) is 6.18 Å². The largest absolute Gasteiger partial charge is 0.435 e. The molecule has 4 nitrogen and oxygen atoms in total. The number of hydrogen-bond donors (Lipinski definition) is 2.